The number of nitrogens with zero attached hydrogens (tertiary/aromatic N) is 1. The fourth-order valence-corrected chi connectivity index (χ4v) is 2.50. The number of hydrogen-bond donors (Lipinski definition) is 1. The topological polar surface area (TPSA) is 58.6 Å². The van der Waals surface area contributed by atoms with Gasteiger partial charge in [-0.1, -0.05) is 24.3 Å². The van der Waals surface area contributed by atoms with Gasteiger partial charge < -0.3 is 10.1 Å². The van der Waals surface area contributed by atoms with Gasteiger partial charge in [-0.15, -0.1) is 0 Å². The van der Waals surface area contributed by atoms with E-state index in [0.717, 1.165) is 5.69 Å². The number of imide groups is 1. The molecule has 0 bridgehead atoms. The lowest BCUT2D eigenvalue weighted by molar-refractivity contribution is -0.121. The first-order chi connectivity index (χ1) is 10.7. The van der Waals surface area contributed by atoms with E-state index in [1.54, 1.807) is 31.4 Å². The van der Waals surface area contributed by atoms with Gasteiger partial charge in [-0.3, -0.25) is 9.59 Å². The Morgan fingerprint density at radius 1 is 1.09 bits per heavy atom. The maximum absolute atomic E-state index is 12.5. The summed E-state index contributed by atoms with van der Waals surface area (Å²) in [6, 6.07) is 15.8. The van der Waals surface area contributed by atoms with Crippen LogP contribution in [0.15, 0.2) is 54.6 Å². The van der Waals surface area contributed by atoms with Crippen molar-refractivity contribution in [3.8, 4) is 5.75 Å². The van der Waals surface area contributed by atoms with Crippen LogP contribution in [0.3, 0.4) is 0 Å². The fourth-order valence-electron chi connectivity index (χ4n) is 2.50. The van der Waals surface area contributed by atoms with Crippen LogP contribution >= 0.6 is 0 Å². The number of carbonyl (C=O) groups is 2. The van der Waals surface area contributed by atoms with Gasteiger partial charge in [0.1, 0.15) is 11.8 Å². The second-order valence-electron chi connectivity index (χ2n) is 5.04. The first kappa shape index (κ1) is 14.1. The SMILES string of the molecule is COc1cccc(N2C(=O)CC(Nc3ccccc3)C2=O)c1. The van der Waals surface area contributed by atoms with Crippen molar-refractivity contribution in [1.29, 1.82) is 0 Å². The summed E-state index contributed by atoms with van der Waals surface area (Å²) in [5, 5.41) is 3.11. The van der Waals surface area contributed by atoms with Gasteiger partial charge >= 0.3 is 0 Å². The Bertz CT molecular complexity index is 700. The Morgan fingerprint density at radius 3 is 2.59 bits per heavy atom. The molecule has 0 aliphatic carbocycles. The number of anilines is 2. The molecule has 1 aliphatic rings. The molecular weight excluding hydrogens is 280 g/mol. The lowest BCUT2D eigenvalue weighted by atomic mass is 10.2. The normalized spacial score (nSPS) is 17.7. The summed E-state index contributed by atoms with van der Waals surface area (Å²) in [5.74, 6) is 0.145. The molecule has 0 spiro atoms. The van der Waals surface area contributed by atoms with Gasteiger partial charge in [0.25, 0.3) is 5.91 Å². The van der Waals surface area contributed by atoms with Gasteiger partial charge in [-0.2, -0.15) is 0 Å². The maximum atomic E-state index is 12.5. The molecule has 1 heterocycles. The van der Waals surface area contributed by atoms with E-state index in [0.29, 0.717) is 11.4 Å². The Labute approximate surface area is 128 Å². The predicted octanol–water partition coefficient (Wildman–Crippen LogP) is 2.44. The summed E-state index contributed by atoms with van der Waals surface area (Å²) in [4.78, 5) is 25.9. The van der Waals surface area contributed by atoms with E-state index in [9.17, 15) is 9.59 Å². The molecule has 2 aromatic carbocycles. The van der Waals surface area contributed by atoms with Crippen molar-refractivity contribution >= 4 is 23.2 Å². The zero-order valence-electron chi connectivity index (χ0n) is 12.2. The van der Waals surface area contributed by atoms with Crippen LogP contribution in [0.25, 0.3) is 0 Å². The lowest BCUT2D eigenvalue weighted by Crippen LogP contribution is -2.34. The van der Waals surface area contributed by atoms with Crippen LogP contribution in [0.5, 0.6) is 5.75 Å². The van der Waals surface area contributed by atoms with Crippen molar-refractivity contribution in [1.82, 2.24) is 0 Å². The van der Waals surface area contributed by atoms with Gasteiger partial charge in [0.2, 0.25) is 5.91 Å². The zero-order chi connectivity index (χ0) is 15.5. The first-order valence-electron chi connectivity index (χ1n) is 7.01. The summed E-state index contributed by atoms with van der Waals surface area (Å²) >= 11 is 0. The molecule has 1 unspecified atom stereocenters. The number of rotatable bonds is 4. The van der Waals surface area contributed by atoms with Crippen molar-refractivity contribution in [3.05, 3.63) is 54.6 Å². The molecule has 0 radical (unpaired) electrons. The Morgan fingerprint density at radius 2 is 1.86 bits per heavy atom. The molecule has 0 saturated carbocycles. The van der Waals surface area contributed by atoms with Crippen LogP contribution in [0.1, 0.15) is 6.42 Å². The van der Waals surface area contributed by atoms with Crippen LogP contribution in [0.2, 0.25) is 0 Å². The summed E-state index contributed by atoms with van der Waals surface area (Å²) in [6.07, 6.45) is 0.144. The smallest absolute Gasteiger partial charge is 0.256 e. The molecule has 1 atom stereocenters. The molecule has 1 saturated heterocycles. The lowest BCUT2D eigenvalue weighted by Gasteiger charge is -2.16. The first-order valence-corrected chi connectivity index (χ1v) is 7.01. The zero-order valence-corrected chi connectivity index (χ0v) is 12.2. The van der Waals surface area contributed by atoms with E-state index >= 15 is 0 Å². The Balaban J connectivity index is 1.82. The van der Waals surface area contributed by atoms with Gasteiger partial charge in [0.15, 0.2) is 0 Å². The molecule has 2 amide bonds. The van der Waals surface area contributed by atoms with Crippen LogP contribution in [-0.4, -0.2) is 25.0 Å². The van der Waals surface area contributed by atoms with E-state index in [1.807, 2.05) is 30.3 Å². The average Bonchev–Trinajstić information content (AvgIpc) is 2.82. The number of benzene rings is 2. The van der Waals surface area contributed by atoms with Gasteiger partial charge in [-0.25, -0.2) is 4.90 Å². The molecule has 1 aliphatic heterocycles. The van der Waals surface area contributed by atoms with E-state index < -0.39 is 6.04 Å². The van der Waals surface area contributed by atoms with E-state index in [4.69, 9.17) is 4.74 Å². The predicted molar refractivity (Wildman–Crippen MR) is 84.0 cm³/mol. The number of nitrogens with one attached hydrogen (secondary N) is 1. The summed E-state index contributed by atoms with van der Waals surface area (Å²) in [5.41, 5.74) is 1.35. The highest BCUT2D eigenvalue weighted by atomic mass is 16.5. The van der Waals surface area contributed by atoms with Gasteiger partial charge in [0, 0.05) is 11.8 Å². The van der Waals surface area contributed by atoms with E-state index in [2.05, 4.69) is 5.32 Å². The molecule has 2 aromatic rings. The Hall–Kier alpha value is -2.82. The van der Waals surface area contributed by atoms with Crippen LogP contribution in [-0.2, 0) is 9.59 Å². The molecule has 5 nitrogen and oxygen atoms in total. The van der Waals surface area contributed by atoms with Crippen LogP contribution < -0.4 is 15.0 Å². The average molecular weight is 296 g/mol. The minimum Gasteiger partial charge on any atom is -0.497 e. The third-order valence-electron chi connectivity index (χ3n) is 3.57. The molecule has 1 fully saturated rings. The molecule has 5 heteroatoms. The quantitative estimate of drug-likeness (QED) is 0.880. The van der Waals surface area contributed by atoms with Crippen molar-refractivity contribution in [3.63, 3.8) is 0 Å². The van der Waals surface area contributed by atoms with Crippen molar-refractivity contribution in [2.75, 3.05) is 17.3 Å². The standard InChI is InChI=1S/C17H16N2O3/c1-22-14-9-5-8-13(10-14)19-16(20)11-15(17(19)21)18-12-6-3-2-4-7-12/h2-10,15,18H,11H2,1H3. The van der Waals surface area contributed by atoms with E-state index in [1.165, 1.54) is 4.90 Å². The number of carbonyl (C=O) groups excluding carboxylic acids is 2. The van der Waals surface area contributed by atoms with Crippen molar-refractivity contribution in [2.24, 2.45) is 0 Å². The molecular formula is C17H16N2O3. The molecule has 112 valence electrons. The second-order valence-corrected chi connectivity index (χ2v) is 5.04. The monoisotopic (exact) mass is 296 g/mol. The summed E-state index contributed by atoms with van der Waals surface area (Å²) in [6.45, 7) is 0. The largest absolute Gasteiger partial charge is 0.497 e. The number of ether oxygens (including phenoxy) is 1. The van der Waals surface area contributed by atoms with Crippen molar-refractivity contribution in [2.45, 2.75) is 12.5 Å². The molecule has 22 heavy (non-hydrogen) atoms. The van der Waals surface area contributed by atoms with Gasteiger partial charge in [-0.05, 0) is 24.3 Å². The number of methoxy groups -OCH3 is 1. The number of amides is 2. The number of hydrogen-bond acceptors (Lipinski definition) is 4. The highest BCUT2D eigenvalue weighted by Crippen LogP contribution is 2.27. The fraction of sp³-hybridized carbons (Fsp3) is 0.176. The number of para-hydroxylation sites is 1. The third kappa shape index (κ3) is 2.65. The highest BCUT2D eigenvalue weighted by molar-refractivity contribution is 6.23. The molecule has 0 aromatic heterocycles. The van der Waals surface area contributed by atoms with Crippen LogP contribution in [0.4, 0.5) is 11.4 Å². The van der Waals surface area contributed by atoms with Crippen LogP contribution in [0, 0.1) is 0 Å². The minimum absolute atomic E-state index is 0.144. The third-order valence-corrected chi connectivity index (χ3v) is 3.57. The second kappa shape index (κ2) is 5.89. The maximum Gasteiger partial charge on any atom is 0.256 e. The Kier molecular flexibility index (Phi) is 3.78. The van der Waals surface area contributed by atoms with Gasteiger partial charge in [0.05, 0.1) is 19.2 Å². The van der Waals surface area contributed by atoms with E-state index in [-0.39, 0.29) is 18.2 Å². The molecule has 1 N–H and O–H groups in total. The minimum atomic E-state index is -0.541. The highest BCUT2D eigenvalue weighted by Gasteiger charge is 2.39. The molecule has 3 rings (SSSR count). The summed E-state index contributed by atoms with van der Waals surface area (Å²) < 4.78 is 5.14. The summed E-state index contributed by atoms with van der Waals surface area (Å²) in [7, 11) is 1.55. The van der Waals surface area contributed by atoms with Crippen molar-refractivity contribution < 1.29 is 14.3 Å².